The third kappa shape index (κ3) is 1.54. The molecule has 1 aromatic rings. The monoisotopic (exact) mass is 252 g/mol. The van der Waals surface area contributed by atoms with Gasteiger partial charge in [-0.1, -0.05) is 0 Å². The number of hydrogen-bond donors (Lipinski definition) is 1. The molecule has 2 aliphatic rings. The SMILES string of the molecule is O=C(O)c1csc(CN2C(=O)C3CC3C2=O)n1. The van der Waals surface area contributed by atoms with Gasteiger partial charge in [-0.3, -0.25) is 14.5 Å². The Kier molecular flexibility index (Phi) is 2.06. The van der Waals surface area contributed by atoms with Crippen LogP contribution in [0.2, 0.25) is 0 Å². The Balaban J connectivity index is 1.76. The number of aromatic carboxylic acids is 1. The highest BCUT2D eigenvalue weighted by atomic mass is 32.1. The van der Waals surface area contributed by atoms with E-state index >= 15 is 0 Å². The first-order valence-corrected chi connectivity index (χ1v) is 5.99. The van der Waals surface area contributed by atoms with Crippen molar-refractivity contribution in [1.82, 2.24) is 9.88 Å². The second-order valence-corrected chi connectivity index (χ2v) is 5.09. The number of carboxylic acid groups (broad SMARTS) is 1. The molecule has 1 N–H and O–H groups in total. The number of likely N-dealkylation sites (tertiary alicyclic amines) is 1. The quantitative estimate of drug-likeness (QED) is 0.784. The zero-order valence-electron chi connectivity index (χ0n) is 8.62. The van der Waals surface area contributed by atoms with Crippen LogP contribution in [0.4, 0.5) is 0 Å². The van der Waals surface area contributed by atoms with E-state index in [0.717, 1.165) is 11.3 Å². The van der Waals surface area contributed by atoms with Crippen LogP contribution in [-0.4, -0.2) is 32.8 Å². The minimum absolute atomic E-state index is 0.0470. The highest BCUT2D eigenvalue weighted by molar-refractivity contribution is 7.09. The minimum Gasteiger partial charge on any atom is -0.476 e. The molecule has 2 fully saturated rings. The summed E-state index contributed by atoms with van der Waals surface area (Å²) in [5.74, 6) is -1.64. The molecule has 1 aliphatic heterocycles. The number of thiazole rings is 1. The number of fused-ring (bicyclic) bond motifs is 1. The van der Waals surface area contributed by atoms with Crippen LogP contribution in [0.5, 0.6) is 0 Å². The van der Waals surface area contributed by atoms with Gasteiger partial charge in [0, 0.05) is 5.38 Å². The lowest BCUT2D eigenvalue weighted by Crippen LogP contribution is -2.32. The maximum absolute atomic E-state index is 11.7. The summed E-state index contributed by atoms with van der Waals surface area (Å²) in [7, 11) is 0. The lowest BCUT2D eigenvalue weighted by molar-refractivity contribution is -0.142. The topological polar surface area (TPSA) is 87.6 Å². The fraction of sp³-hybridized carbons (Fsp3) is 0.400. The predicted molar refractivity (Wildman–Crippen MR) is 56.2 cm³/mol. The summed E-state index contributed by atoms with van der Waals surface area (Å²) >= 11 is 1.15. The molecule has 2 heterocycles. The first-order chi connectivity index (χ1) is 8.08. The van der Waals surface area contributed by atoms with Crippen molar-refractivity contribution < 1.29 is 19.5 Å². The van der Waals surface area contributed by atoms with Crippen molar-refractivity contribution in [2.24, 2.45) is 11.8 Å². The lowest BCUT2D eigenvalue weighted by Gasteiger charge is -2.13. The van der Waals surface area contributed by atoms with E-state index in [9.17, 15) is 14.4 Å². The molecule has 1 aliphatic carbocycles. The fourth-order valence-corrected chi connectivity index (χ4v) is 2.78. The highest BCUT2D eigenvalue weighted by Crippen LogP contribution is 2.47. The van der Waals surface area contributed by atoms with Gasteiger partial charge in [0.25, 0.3) is 0 Å². The number of carbonyl (C=O) groups excluding carboxylic acids is 2. The molecule has 7 heteroatoms. The van der Waals surface area contributed by atoms with Gasteiger partial charge in [0.15, 0.2) is 5.69 Å². The molecular formula is C10H8N2O4S. The standard InChI is InChI=1S/C10H8N2O4S/c13-8-4-1-5(4)9(14)12(8)2-7-11-6(3-17-7)10(15)16/h3-5H,1-2H2,(H,15,16). The summed E-state index contributed by atoms with van der Waals surface area (Å²) in [4.78, 5) is 39.0. The first kappa shape index (κ1) is 10.4. The van der Waals surface area contributed by atoms with Crippen molar-refractivity contribution >= 4 is 29.1 Å². The van der Waals surface area contributed by atoms with Crippen LogP contribution in [0.3, 0.4) is 0 Å². The number of aromatic nitrogens is 1. The van der Waals surface area contributed by atoms with Crippen molar-refractivity contribution in [2.45, 2.75) is 13.0 Å². The lowest BCUT2D eigenvalue weighted by atomic mass is 10.4. The molecule has 17 heavy (non-hydrogen) atoms. The first-order valence-electron chi connectivity index (χ1n) is 5.11. The number of nitrogens with zero attached hydrogens (tertiary/aromatic N) is 2. The van der Waals surface area contributed by atoms with Gasteiger partial charge in [-0.2, -0.15) is 0 Å². The van der Waals surface area contributed by atoms with Crippen molar-refractivity contribution in [2.75, 3.05) is 0 Å². The smallest absolute Gasteiger partial charge is 0.355 e. The molecule has 1 saturated carbocycles. The van der Waals surface area contributed by atoms with E-state index in [1.807, 2.05) is 0 Å². The molecular weight excluding hydrogens is 244 g/mol. The number of carbonyl (C=O) groups is 3. The summed E-state index contributed by atoms with van der Waals surface area (Å²) in [6.07, 6.45) is 0.673. The zero-order valence-corrected chi connectivity index (χ0v) is 9.44. The Hall–Kier alpha value is -1.76. The summed E-state index contributed by atoms with van der Waals surface area (Å²) in [5, 5.41) is 10.6. The largest absolute Gasteiger partial charge is 0.476 e. The van der Waals surface area contributed by atoms with Crippen LogP contribution < -0.4 is 0 Å². The van der Waals surface area contributed by atoms with Gasteiger partial charge in [0.2, 0.25) is 11.8 Å². The van der Waals surface area contributed by atoms with E-state index in [0.29, 0.717) is 11.4 Å². The molecule has 0 spiro atoms. The second-order valence-electron chi connectivity index (χ2n) is 4.14. The van der Waals surface area contributed by atoms with Crippen LogP contribution in [0, 0.1) is 11.8 Å². The Labute approximate surface area is 99.9 Å². The van der Waals surface area contributed by atoms with Crippen molar-refractivity contribution in [1.29, 1.82) is 0 Å². The van der Waals surface area contributed by atoms with Crippen LogP contribution >= 0.6 is 11.3 Å². The molecule has 2 atom stereocenters. The molecule has 2 unspecified atom stereocenters. The summed E-state index contributed by atoms with van der Waals surface area (Å²) in [6, 6.07) is 0. The van der Waals surface area contributed by atoms with Crippen LogP contribution in [0.15, 0.2) is 5.38 Å². The summed E-state index contributed by atoms with van der Waals surface area (Å²) < 4.78 is 0. The molecule has 3 rings (SSSR count). The Bertz CT molecular complexity index is 518. The van der Waals surface area contributed by atoms with Gasteiger partial charge in [-0.25, -0.2) is 9.78 Å². The molecule has 0 aromatic carbocycles. The van der Waals surface area contributed by atoms with Crippen molar-refractivity contribution in [3.63, 3.8) is 0 Å². The Morgan fingerprint density at radius 1 is 1.47 bits per heavy atom. The number of carboxylic acids is 1. The number of piperidine rings is 1. The highest BCUT2D eigenvalue weighted by Gasteiger charge is 2.58. The van der Waals surface area contributed by atoms with Crippen molar-refractivity contribution in [3.05, 3.63) is 16.1 Å². The van der Waals surface area contributed by atoms with Gasteiger partial charge < -0.3 is 5.11 Å². The van der Waals surface area contributed by atoms with Gasteiger partial charge >= 0.3 is 5.97 Å². The maximum Gasteiger partial charge on any atom is 0.355 e. The maximum atomic E-state index is 11.7. The summed E-state index contributed by atoms with van der Waals surface area (Å²) in [6.45, 7) is 0.0998. The molecule has 0 radical (unpaired) electrons. The van der Waals surface area contributed by atoms with E-state index in [1.165, 1.54) is 10.3 Å². The summed E-state index contributed by atoms with van der Waals surface area (Å²) in [5.41, 5.74) is -0.0470. The van der Waals surface area contributed by atoms with Crippen LogP contribution in [0.25, 0.3) is 0 Å². The third-order valence-corrected chi connectivity index (χ3v) is 3.85. The van der Waals surface area contributed by atoms with Gasteiger partial charge in [-0.05, 0) is 6.42 Å². The molecule has 0 bridgehead atoms. The molecule has 2 amide bonds. The van der Waals surface area contributed by atoms with Gasteiger partial charge in [0.1, 0.15) is 5.01 Å². The van der Waals surface area contributed by atoms with E-state index < -0.39 is 5.97 Å². The minimum atomic E-state index is -1.10. The van der Waals surface area contributed by atoms with E-state index in [1.54, 1.807) is 0 Å². The zero-order chi connectivity index (χ0) is 12.2. The number of hydrogen-bond acceptors (Lipinski definition) is 5. The van der Waals surface area contributed by atoms with Gasteiger partial charge in [-0.15, -0.1) is 11.3 Å². The van der Waals surface area contributed by atoms with E-state index in [-0.39, 0.29) is 35.9 Å². The normalized spacial score (nSPS) is 26.2. The Morgan fingerprint density at radius 3 is 2.65 bits per heavy atom. The number of amides is 2. The van der Waals surface area contributed by atoms with Crippen molar-refractivity contribution in [3.8, 4) is 0 Å². The number of imide groups is 1. The predicted octanol–water partition coefficient (Wildman–Crippen LogP) is 0.346. The van der Waals surface area contributed by atoms with Crippen LogP contribution in [0.1, 0.15) is 21.9 Å². The molecule has 1 saturated heterocycles. The van der Waals surface area contributed by atoms with Crippen LogP contribution in [-0.2, 0) is 16.1 Å². The average Bonchev–Trinajstić information content (AvgIpc) is 2.88. The van der Waals surface area contributed by atoms with E-state index in [4.69, 9.17) is 5.11 Å². The second kappa shape index (κ2) is 3.36. The van der Waals surface area contributed by atoms with Gasteiger partial charge in [0.05, 0.1) is 18.4 Å². The third-order valence-electron chi connectivity index (χ3n) is 3.02. The Morgan fingerprint density at radius 2 is 2.12 bits per heavy atom. The fourth-order valence-electron chi connectivity index (χ4n) is 2.02. The molecule has 6 nitrogen and oxygen atoms in total. The molecule has 1 aromatic heterocycles. The average molecular weight is 252 g/mol. The molecule has 88 valence electrons. The number of rotatable bonds is 3. The van der Waals surface area contributed by atoms with E-state index in [2.05, 4.69) is 4.98 Å².